The van der Waals surface area contributed by atoms with Crippen LogP contribution in [-0.4, -0.2) is 36.9 Å². The van der Waals surface area contributed by atoms with Gasteiger partial charge in [0.2, 0.25) is 6.23 Å². The molecule has 0 spiro atoms. The van der Waals surface area contributed by atoms with Gasteiger partial charge in [0.05, 0.1) is 6.61 Å². The van der Waals surface area contributed by atoms with Crippen LogP contribution in [0.2, 0.25) is 0 Å². The van der Waals surface area contributed by atoms with Gasteiger partial charge in [0, 0.05) is 0 Å². The summed E-state index contributed by atoms with van der Waals surface area (Å²) < 4.78 is 15.8. The smallest absolute Gasteiger partial charge is 0.409 e. The van der Waals surface area contributed by atoms with Crippen LogP contribution in [0.4, 0.5) is 4.79 Å². The molecular weight excluding hydrogens is 436 g/mol. The fourth-order valence-corrected chi connectivity index (χ4v) is 3.81. The van der Waals surface area contributed by atoms with Crippen molar-refractivity contribution in [3.63, 3.8) is 0 Å². The molecule has 1 saturated carbocycles. The molecule has 1 aliphatic carbocycles. The summed E-state index contributed by atoms with van der Waals surface area (Å²) in [6.45, 7) is 0.293. The molecule has 3 N–H and O–H groups in total. The monoisotopic (exact) mass is 468 g/mol. The van der Waals surface area contributed by atoms with Gasteiger partial charge in [-0.15, -0.1) is 0 Å². The largest absolute Gasteiger partial charge is 0.445 e. The highest BCUT2D eigenvalue weighted by atomic mass is 16.6. The third-order valence-electron chi connectivity index (χ3n) is 5.70. The molecular formula is C26H32N2O6. The van der Waals surface area contributed by atoms with E-state index in [4.69, 9.17) is 19.9 Å². The van der Waals surface area contributed by atoms with Gasteiger partial charge in [-0.3, -0.25) is 5.32 Å². The van der Waals surface area contributed by atoms with Gasteiger partial charge in [0.15, 0.2) is 0 Å². The van der Waals surface area contributed by atoms with Gasteiger partial charge in [-0.05, 0) is 36.3 Å². The lowest BCUT2D eigenvalue weighted by molar-refractivity contribution is -0.171. The number of nitrogens with one attached hydrogen (secondary N) is 1. The number of esters is 2. The number of nitrogens with two attached hydrogens (primary N) is 1. The summed E-state index contributed by atoms with van der Waals surface area (Å²) in [6, 6.07) is 17.3. The summed E-state index contributed by atoms with van der Waals surface area (Å²) in [4.78, 5) is 37.4. The molecule has 2 aromatic carbocycles. The quantitative estimate of drug-likeness (QED) is 0.311. The summed E-state index contributed by atoms with van der Waals surface area (Å²) in [7, 11) is 0. The Labute approximate surface area is 199 Å². The zero-order chi connectivity index (χ0) is 24.2. The van der Waals surface area contributed by atoms with Gasteiger partial charge in [-0.2, -0.15) is 0 Å². The Kier molecular flexibility index (Phi) is 10.1. The van der Waals surface area contributed by atoms with Crippen molar-refractivity contribution in [1.29, 1.82) is 0 Å². The second-order valence-electron chi connectivity index (χ2n) is 8.46. The molecule has 2 aromatic rings. The molecule has 8 nitrogen and oxygen atoms in total. The number of alkyl carbamates (subject to hydrolysis) is 1. The van der Waals surface area contributed by atoms with Crippen molar-refractivity contribution in [1.82, 2.24) is 5.32 Å². The highest BCUT2D eigenvalue weighted by Crippen LogP contribution is 2.24. The van der Waals surface area contributed by atoms with E-state index in [2.05, 4.69) is 5.32 Å². The molecule has 0 aliphatic heterocycles. The van der Waals surface area contributed by atoms with Crippen LogP contribution in [0.3, 0.4) is 0 Å². The number of carbonyl (C=O) groups excluding carboxylic acids is 3. The van der Waals surface area contributed by atoms with Crippen molar-refractivity contribution in [2.45, 2.75) is 57.4 Å². The highest BCUT2D eigenvalue weighted by molar-refractivity contribution is 5.91. The van der Waals surface area contributed by atoms with Crippen LogP contribution in [-0.2, 0) is 36.8 Å². The lowest BCUT2D eigenvalue weighted by Gasteiger charge is -2.24. The number of rotatable bonds is 10. The maximum Gasteiger partial charge on any atom is 0.409 e. The molecule has 0 bridgehead atoms. The number of hydrogen-bond donors (Lipinski definition) is 2. The molecule has 0 radical (unpaired) electrons. The van der Waals surface area contributed by atoms with Crippen LogP contribution < -0.4 is 11.1 Å². The fourth-order valence-electron chi connectivity index (χ4n) is 3.81. The third kappa shape index (κ3) is 8.61. The van der Waals surface area contributed by atoms with Crippen molar-refractivity contribution in [3.8, 4) is 0 Å². The molecule has 1 unspecified atom stereocenters. The minimum Gasteiger partial charge on any atom is -0.445 e. The van der Waals surface area contributed by atoms with Crippen molar-refractivity contribution in [3.05, 3.63) is 71.8 Å². The topological polar surface area (TPSA) is 117 Å². The summed E-state index contributed by atoms with van der Waals surface area (Å²) in [5.74, 6) is -1.64. The molecule has 3 rings (SSSR count). The molecule has 0 aromatic heterocycles. The second-order valence-corrected chi connectivity index (χ2v) is 8.46. The van der Waals surface area contributed by atoms with Crippen LogP contribution in [0, 0.1) is 5.92 Å². The van der Waals surface area contributed by atoms with Gasteiger partial charge >= 0.3 is 18.0 Å². The standard InChI is InChI=1S/C26H32N2O6/c27-22(16-19-10-4-1-5-11-19)24(29)34-25(30)23(32-17-20-12-6-2-7-13-20)28-26(31)33-18-21-14-8-3-9-15-21/h1,3-5,8-11,14-15,20,22-23H,2,6-7,12-13,16-18,27H2,(H,28,31)/t22-,23?/m0/s1. The van der Waals surface area contributed by atoms with E-state index >= 15 is 0 Å². The number of hydrogen-bond acceptors (Lipinski definition) is 7. The van der Waals surface area contributed by atoms with E-state index in [1.807, 2.05) is 60.7 Å². The zero-order valence-corrected chi connectivity index (χ0v) is 19.2. The Morgan fingerprint density at radius 1 is 0.882 bits per heavy atom. The van der Waals surface area contributed by atoms with Crippen LogP contribution in [0.5, 0.6) is 0 Å². The molecule has 8 heteroatoms. The van der Waals surface area contributed by atoms with E-state index in [1.54, 1.807) is 0 Å². The molecule has 182 valence electrons. The normalized spacial score (nSPS) is 15.7. The SMILES string of the molecule is N[C@@H](Cc1ccccc1)C(=O)OC(=O)C(NC(=O)OCc1ccccc1)OCC1CCCCC1. The Hall–Kier alpha value is -3.23. The Bertz CT molecular complexity index is 915. The molecule has 0 heterocycles. The molecule has 1 aliphatic rings. The number of ether oxygens (including phenoxy) is 3. The summed E-state index contributed by atoms with van der Waals surface area (Å²) >= 11 is 0. The summed E-state index contributed by atoms with van der Waals surface area (Å²) in [5, 5.41) is 2.37. The highest BCUT2D eigenvalue weighted by Gasteiger charge is 2.29. The molecule has 1 fully saturated rings. The van der Waals surface area contributed by atoms with Gasteiger partial charge < -0.3 is 19.9 Å². The van der Waals surface area contributed by atoms with Crippen molar-refractivity contribution >= 4 is 18.0 Å². The predicted octanol–water partition coefficient (Wildman–Crippen LogP) is 3.48. The number of carbonyl (C=O) groups is 3. The zero-order valence-electron chi connectivity index (χ0n) is 19.2. The predicted molar refractivity (Wildman–Crippen MR) is 125 cm³/mol. The van der Waals surface area contributed by atoms with Gasteiger partial charge in [-0.25, -0.2) is 14.4 Å². The van der Waals surface area contributed by atoms with Gasteiger partial charge in [0.25, 0.3) is 0 Å². The first-order valence-corrected chi connectivity index (χ1v) is 11.6. The number of amides is 1. The Balaban J connectivity index is 1.55. The van der Waals surface area contributed by atoms with Crippen LogP contribution in [0.1, 0.15) is 43.2 Å². The summed E-state index contributed by atoms with van der Waals surface area (Å²) in [5.41, 5.74) is 7.56. The average molecular weight is 469 g/mol. The third-order valence-corrected chi connectivity index (χ3v) is 5.70. The molecule has 2 atom stereocenters. The van der Waals surface area contributed by atoms with E-state index < -0.39 is 30.3 Å². The van der Waals surface area contributed by atoms with Crippen molar-refractivity contribution < 1.29 is 28.6 Å². The first-order valence-electron chi connectivity index (χ1n) is 11.6. The second kappa shape index (κ2) is 13.5. The average Bonchev–Trinajstić information content (AvgIpc) is 2.87. The first kappa shape index (κ1) is 25.4. The van der Waals surface area contributed by atoms with Crippen LogP contribution in [0.15, 0.2) is 60.7 Å². The first-order chi connectivity index (χ1) is 16.5. The minimum absolute atomic E-state index is 0.0257. The number of benzene rings is 2. The van der Waals surface area contributed by atoms with E-state index in [1.165, 1.54) is 6.42 Å². The van der Waals surface area contributed by atoms with E-state index in [0.717, 1.165) is 36.8 Å². The van der Waals surface area contributed by atoms with Gasteiger partial charge in [-0.1, -0.05) is 79.9 Å². The summed E-state index contributed by atoms with van der Waals surface area (Å²) in [6.07, 6.45) is 3.24. The maximum atomic E-state index is 12.7. The maximum absolute atomic E-state index is 12.7. The Morgan fingerprint density at radius 2 is 1.50 bits per heavy atom. The van der Waals surface area contributed by atoms with E-state index in [9.17, 15) is 14.4 Å². The lowest BCUT2D eigenvalue weighted by atomic mass is 9.90. The molecule has 0 saturated heterocycles. The van der Waals surface area contributed by atoms with E-state index in [0.29, 0.717) is 0 Å². The van der Waals surface area contributed by atoms with Crippen LogP contribution >= 0.6 is 0 Å². The van der Waals surface area contributed by atoms with Crippen molar-refractivity contribution in [2.24, 2.45) is 11.7 Å². The van der Waals surface area contributed by atoms with E-state index in [-0.39, 0.29) is 25.6 Å². The minimum atomic E-state index is -1.47. The van der Waals surface area contributed by atoms with Gasteiger partial charge in [0.1, 0.15) is 12.6 Å². The lowest BCUT2D eigenvalue weighted by Crippen LogP contribution is -2.47. The molecule has 1 amide bonds. The Morgan fingerprint density at radius 3 is 2.15 bits per heavy atom. The van der Waals surface area contributed by atoms with Crippen molar-refractivity contribution in [2.75, 3.05) is 6.61 Å². The van der Waals surface area contributed by atoms with Crippen LogP contribution in [0.25, 0.3) is 0 Å². The molecule has 34 heavy (non-hydrogen) atoms. The fraction of sp³-hybridized carbons (Fsp3) is 0.423.